The summed E-state index contributed by atoms with van der Waals surface area (Å²) in [5.74, 6) is 0. The topological polar surface area (TPSA) is 72.5 Å². The number of hydrogen-bond acceptors (Lipinski definition) is 3. The summed E-state index contributed by atoms with van der Waals surface area (Å²) in [4.78, 5) is 12.0. The Morgan fingerprint density at radius 2 is 1.60 bits per heavy atom. The van der Waals surface area contributed by atoms with Gasteiger partial charge in [-0.2, -0.15) is 0 Å². The summed E-state index contributed by atoms with van der Waals surface area (Å²) in [6.45, 7) is 0.264. The van der Waals surface area contributed by atoms with E-state index in [1.54, 1.807) is 30.3 Å². The molecule has 2 aromatic rings. The second-order valence-electron chi connectivity index (χ2n) is 3.99. The van der Waals surface area contributed by atoms with Crippen LogP contribution >= 0.6 is 0 Å². The highest BCUT2D eigenvalue weighted by molar-refractivity contribution is 7.81. The largest absolute Gasteiger partial charge is 0.755 e. The third-order valence-corrected chi connectivity index (χ3v) is 3.29. The van der Waals surface area contributed by atoms with E-state index >= 15 is 0 Å². The Bertz CT molecular complexity index is 590. The molecule has 104 valence electrons. The van der Waals surface area contributed by atoms with Crippen molar-refractivity contribution >= 4 is 23.0 Å². The Hall–Kier alpha value is -2.18. The van der Waals surface area contributed by atoms with E-state index in [1.165, 1.54) is 0 Å². The number of nitrogens with one attached hydrogen (secondary N) is 1. The van der Waals surface area contributed by atoms with E-state index in [0.29, 0.717) is 9.99 Å². The summed E-state index contributed by atoms with van der Waals surface area (Å²) in [5, 5.41) is 2.57. The van der Waals surface area contributed by atoms with Crippen LogP contribution in [0.1, 0.15) is 5.56 Å². The summed E-state index contributed by atoms with van der Waals surface area (Å²) >= 11 is -2.67. The van der Waals surface area contributed by atoms with Crippen molar-refractivity contribution in [1.29, 1.82) is 0 Å². The standard InChI is InChI=1S/C14H14N2O3S/c17-14(15-11-12-7-3-1-4-8-12)16(20(18)19)13-9-5-2-6-10-13/h1-10H,11H2,(H,15,17)(H,18,19)/p-1. The summed E-state index contributed by atoms with van der Waals surface area (Å²) in [7, 11) is 0. The third-order valence-electron chi connectivity index (χ3n) is 2.61. The zero-order valence-corrected chi connectivity index (χ0v) is 11.4. The lowest BCUT2D eigenvalue weighted by molar-refractivity contribution is 0.249. The molecule has 1 atom stereocenters. The molecule has 0 aromatic heterocycles. The number of nitrogens with zero attached hydrogens (tertiary/aromatic N) is 1. The van der Waals surface area contributed by atoms with Crippen molar-refractivity contribution in [2.75, 3.05) is 4.31 Å². The minimum atomic E-state index is -2.67. The minimum Gasteiger partial charge on any atom is -0.755 e. The number of carbonyl (C=O) groups is 1. The average molecular weight is 289 g/mol. The van der Waals surface area contributed by atoms with E-state index in [4.69, 9.17) is 0 Å². The molecule has 0 bridgehead atoms. The fourth-order valence-corrected chi connectivity index (χ4v) is 2.17. The molecule has 0 spiro atoms. The van der Waals surface area contributed by atoms with Gasteiger partial charge < -0.3 is 9.87 Å². The normalized spacial score (nSPS) is 11.7. The lowest BCUT2D eigenvalue weighted by Gasteiger charge is -2.24. The lowest BCUT2D eigenvalue weighted by Crippen LogP contribution is -2.40. The van der Waals surface area contributed by atoms with E-state index in [1.807, 2.05) is 30.3 Å². The quantitative estimate of drug-likeness (QED) is 0.877. The number of anilines is 1. The molecule has 0 radical (unpaired) electrons. The Morgan fingerprint density at radius 1 is 1.05 bits per heavy atom. The second-order valence-corrected chi connectivity index (χ2v) is 4.79. The Morgan fingerprint density at radius 3 is 2.15 bits per heavy atom. The van der Waals surface area contributed by atoms with E-state index in [-0.39, 0.29) is 6.54 Å². The molecular formula is C14H13N2O3S-. The minimum absolute atomic E-state index is 0.264. The van der Waals surface area contributed by atoms with Gasteiger partial charge in [0, 0.05) is 6.54 Å². The average Bonchev–Trinajstić information content (AvgIpc) is 2.47. The molecule has 0 saturated heterocycles. The zero-order valence-electron chi connectivity index (χ0n) is 10.6. The van der Waals surface area contributed by atoms with E-state index in [2.05, 4.69) is 5.32 Å². The predicted octanol–water partition coefficient (Wildman–Crippen LogP) is 2.20. The van der Waals surface area contributed by atoms with Crippen molar-refractivity contribution in [2.24, 2.45) is 0 Å². The van der Waals surface area contributed by atoms with Crippen LogP contribution in [0.2, 0.25) is 0 Å². The molecule has 5 nitrogen and oxygen atoms in total. The molecule has 0 fully saturated rings. The van der Waals surface area contributed by atoms with Gasteiger partial charge in [-0.1, -0.05) is 48.5 Å². The maximum absolute atomic E-state index is 12.0. The lowest BCUT2D eigenvalue weighted by atomic mass is 10.2. The zero-order chi connectivity index (χ0) is 14.4. The molecule has 2 rings (SSSR count). The van der Waals surface area contributed by atoms with E-state index in [0.717, 1.165) is 5.56 Å². The van der Waals surface area contributed by atoms with Crippen LogP contribution in [0.5, 0.6) is 0 Å². The second kappa shape index (κ2) is 6.83. The molecule has 2 aromatic carbocycles. The summed E-state index contributed by atoms with van der Waals surface area (Å²) in [5.41, 5.74) is 1.19. The molecule has 20 heavy (non-hydrogen) atoms. The van der Waals surface area contributed by atoms with Crippen LogP contribution in [0.4, 0.5) is 10.5 Å². The number of urea groups is 1. The molecule has 0 heterocycles. The fourth-order valence-electron chi connectivity index (χ4n) is 1.68. The Balaban J connectivity index is 2.07. The molecule has 6 heteroatoms. The highest BCUT2D eigenvalue weighted by Crippen LogP contribution is 2.14. The number of para-hydroxylation sites is 1. The SMILES string of the molecule is O=C(NCc1ccccc1)N(c1ccccc1)S(=O)[O-]. The van der Waals surface area contributed by atoms with Gasteiger partial charge in [-0.3, -0.25) is 4.21 Å². The van der Waals surface area contributed by atoms with Crippen molar-refractivity contribution in [3.63, 3.8) is 0 Å². The number of carbonyl (C=O) groups excluding carboxylic acids is 1. The molecule has 0 aliphatic heterocycles. The molecule has 1 N–H and O–H groups in total. The van der Waals surface area contributed by atoms with Gasteiger partial charge in [0.1, 0.15) is 0 Å². The first kappa shape index (κ1) is 14.2. The van der Waals surface area contributed by atoms with Crippen molar-refractivity contribution in [2.45, 2.75) is 6.54 Å². The van der Waals surface area contributed by atoms with Crippen molar-refractivity contribution in [3.05, 3.63) is 66.2 Å². The first-order chi connectivity index (χ1) is 9.68. The van der Waals surface area contributed by atoms with Crippen molar-refractivity contribution in [1.82, 2.24) is 5.32 Å². The number of hydrogen-bond donors (Lipinski definition) is 1. The van der Waals surface area contributed by atoms with Crippen LogP contribution in [0.15, 0.2) is 60.7 Å². The van der Waals surface area contributed by atoms with E-state index in [9.17, 15) is 13.6 Å². The van der Waals surface area contributed by atoms with Crippen molar-refractivity contribution in [3.8, 4) is 0 Å². The van der Waals surface area contributed by atoms with Crippen LogP contribution < -0.4 is 9.62 Å². The van der Waals surface area contributed by atoms with Crippen LogP contribution in [0.3, 0.4) is 0 Å². The molecule has 0 aliphatic carbocycles. The smallest absolute Gasteiger partial charge is 0.333 e. The fraction of sp³-hybridized carbons (Fsp3) is 0.0714. The highest BCUT2D eigenvalue weighted by Gasteiger charge is 2.15. The Kier molecular flexibility index (Phi) is 4.86. The van der Waals surface area contributed by atoms with Gasteiger partial charge in [0.05, 0.1) is 17.0 Å². The highest BCUT2D eigenvalue weighted by atomic mass is 32.2. The van der Waals surface area contributed by atoms with Gasteiger partial charge in [-0.25, -0.2) is 9.10 Å². The van der Waals surface area contributed by atoms with Crippen LogP contribution in [0.25, 0.3) is 0 Å². The van der Waals surface area contributed by atoms with Gasteiger partial charge in [0.2, 0.25) is 0 Å². The van der Waals surface area contributed by atoms with Gasteiger partial charge in [-0.05, 0) is 17.7 Å². The Labute approximate surface area is 119 Å². The molecule has 2 amide bonds. The molecule has 0 saturated carbocycles. The van der Waals surface area contributed by atoms with E-state index < -0.39 is 17.3 Å². The van der Waals surface area contributed by atoms with Crippen LogP contribution in [-0.2, 0) is 17.8 Å². The van der Waals surface area contributed by atoms with Gasteiger partial charge in [0.25, 0.3) is 0 Å². The monoisotopic (exact) mass is 289 g/mol. The molecular weight excluding hydrogens is 276 g/mol. The summed E-state index contributed by atoms with van der Waals surface area (Å²) < 4.78 is 23.1. The first-order valence-corrected chi connectivity index (χ1v) is 6.98. The summed E-state index contributed by atoms with van der Waals surface area (Å²) in [6, 6.07) is 16.8. The molecule has 1 unspecified atom stereocenters. The van der Waals surface area contributed by atoms with Gasteiger partial charge in [0.15, 0.2) is 0 Å². The van der Waals surface area contributed by atoms with Gasteiger partial charge in [-0.15, -0.1) is 0 Å². The number of benzene rings is 2. The van der Waals surface area contributed by atoms with Crippen LogP contribution in [0, 0.1) is 0 Å². The number of amides is 2. The van der Waals surface area contributed by atoms with Crippen molar-refractivity contribution < 1.29 is 13.6 Å². The number of rotatable bonds is 4. The van der Waals surface area contributed by atoms with Crippen LogP contribution in [-0.4, -0.2) is 14.8 Å². The maximum Gasteiger partial charge on any atom is 0.333 e. The predicted molar refractivity (Wildman–Crippen MR) is 76.5 cm³/mol. The summed E-state index contributed by atoms with van der Waals surface area (Å²) in [6.07, 6.45) is 0. The van der Waals surface area contributed by atoms with Gasteiger partial charge >= 0.3 is 6.03 Å². The maximum atomic E-state index is 12.0. The first-order valence-electron chi connectivity index (χ1n) is 5.95. The third kappa shape index (κ3) is 3.66. The molecule has 0 aliphatic rings.